The maximum atomic E-state index is 12.1. The molecule has 0 radical (unpaired) electrons. The molecule has 1 aliphatic carbocycles. The number of rotatable bonds is 6. The maximum absolute atomic E-state index is 12.1. The molecule has 2 heterocycles. The molecule has 0 saturated heterocycles. The fourth-order valence-corrected chi connectivity index (χ4v) is 2.83. The van der Waals surface area contributed by atoms with Crippen LogP contribution < -0.4 is 14.8 Å². The second kappa shape index (κ2) is 5.95. The highest BCUT2D eigenvalue weighted by Crippen LogP contribution is 2.38. The smallest absolute Gasteiger partial charge is 0.231 e. The number of amides is 1. The van der Waals surface area contributed by atoms with E-state index in [1.54, 1.807) is 0 Å². The predicted molar refractivity (Wildman–Crippen MR) is 83.5 cm³/mol. The minimum atomic E-state index is 0.0111. The van der Waals surface area contributed by atoms with Crippen molar-refractivity contribution in [2.24, 2.45) is 0 Å². The van der Waals surface area contributed by atoms with Crippen molar-refractivity contribution in [2.75, 3.05) is 13.3 Å². The minimum Gasteiger partial charge on any atom is -0.454 e. The van der Waals surface area contributed by atoms with Crippen molar-refractivity contribution in [3.63, 3.8) is 0 Å². The van der Waals surface area contributed by atoms with E-state index in [1.807, 2.05) is 30.6 Å². The Morgan fingerprint density at radius 2 is 2.17 bits per heavy atom. The van der Waals surface area contributed by atoms with Gasteiger partial charge in [-0.3, -0.25) is 4.79 Å². The van der Waals surface area contributed by atoms with Gasteiger partial charge in [-0.15, -0.1) is 0 Å². The van der Waals surface area contributed by atoms with Gasteiger partial charge in [0.2, 0.25) is 12.7 Å². The van der Waals surface area contributed by atoms with Crippen LogP contribution in [-0.2, 0) is 17.8 Å². The zero-order chi connectivity index (χ0) is 15.6. The van der Waals surface area contributed by atoms with Crippen LogP contribution in [-0.4, -0.2) is 28.8 Å². The van der Waals surface area contributed by atoms with E-state index in [4.69, 9.17) is 9.47 Å². The Hall–Kier alpha value is -2.50. The molecule has 1 N–H and O–H groups in total. The topological polar surface area (TPSA) is 65.4 Å². The first-order chi connectivity index (χ1) is 11.3. The molecule has 0 bridgehead atoms. The monoisotopic (exact) mass is 313 g/mol. The lowest BCUT2D eigenvalue weighted by atomic mass is 10.1. The largest absolute Gasteiger partial charge is 0.454 e. The number of aromatic nitrogens is 2. The molecule has 4 rings (SSSR count). The van der Waals surface area contributed by atoms with Crippen molar-refractivity contribution >= 4 is 5.91 Å². The van der Waals surface area contributed by atoms with Crippen molar-refractivity contribution in [1.82, 2.24) is 14.9 Å². The van der Waals surface area contributed by atoms with Crippen LogP contribution in [0.5, 0.6) is 11.5 Å². The van der Waals surface area contributed by atoms with E-state index in [0.717, 1.165) is 23.7 Å². The van der Waals surface area contributed by atoms with Crippen LogP contribution in [0.4, 0.5) is 0 Å². The van der Waals surface area contributed by atoms with Gasteiger partial charge in [-0.1, -0.05) is 6.07 Å². The first kappa shape index (κ1) is 14.1. The molecule has 2 aliphatic rings. The Kier molecular flexibility index (Phi) is 3.65. The van der Waals surface area contributed by atoms with Crippen LogP contribution in [0.15, 0.2) is 30.6 Å². The number of carbonyl (C=O) groups excluding carboxylic acids is 1. The number of imidazole rings is 1. The Morgan fingerprint density at radius 3 is 3.04 bits per heavy atom. The summed E-state index contributed by atoms with van der Waals surface area (Å²) < 4.78 is 12.7. The van der Waals surface area contributed by atoms with Crippen LogP contribution in [0, 0.1) is 0 Å². The molecule has 6 heteroatoms. The van der Waals surface area contributed by atoms with Crippen molar-refractivity contribution in [3.05, 3.63) is 42.0 Å². The predicted octanol–water partition coefficient (Wildman–Crippen LogP) is 1.85. The van der Waals surface area contributed by atoms with Crippen LogP contribution in [0.25, 0.3) is 0 Å². The van der Waals surface area contributed by atoms with Crippen LogP contribution in [0.1, 0.15) is 30.1 Å². The molecule has 1 amide bonds. The molecule has 1 fully saturated rings. The second-order valence-corrected chi connectivity index (χ2v) is 5.97. The van der Waals surface area contributed by atoms with Crippen molar-refractivity contribution < 1.29 is 14.3 Å². The molecule has 120 valence electrons. The summed E-state index contributed by atoms with van der Waals surface area (Å²) in [4.78, 5) is 16.5. The van der Waals surface area contributed by atoms with E-state index in [9.17, 15) is 4.79 Å². The quantitative estimate of drug-likeness (QED) is 0.884. The van der Waals surface area contributed by atoms with Crippen LogP contribution >= 0.6 is 0 Å². The van der Waals surface area contributed by atoms with E-state index < -0.39 is 0 Å². The van der Waals surface area contributed by atoms with Gasteiger partial charge in [0.25, 0.3) is 0 Å². The Bertz CT molecular complexity index is 722. The maximum Gasteiger partial charge on any atom is 0.231 e. The van der Waals surface area contributed by atoms with E-state index in [1.165, 1.54) is 12.8 Å². The highest BCUT2D eigenvalue weighted by atomic mass is 16.7. The van der Waals surface area contributed by atoms with E-state index in [-0.39, 0.29) is 12.7 Å². The summed E-state index contributed by atoms with van der Waals surface area (Å²) in [6.45, 7) is 1.62. The number of ether oxygens (including phenoxy) is 2. The number of hydrogen-bond acceptors (Lipinski definition) is 4. The molecule has 0 atom stereocenters. The highest BCUT2D eigenvalue weighted by molar-refractivity contribution is 5.78. The number of nitrogens with zero attached hydrogens (tertiary/aromatic N) is 2. The Labute approximate surface area is 134 Å². The summed E-state index contributed by atoms with van der Waals surface area (Å²) in [7, 11) is 0. The van der Waals surface area contributed by atoms with Gasteiger partial charge in [0.1, 0.15) is 5.82 Å². The highest BCUT2D eigenvalue weighted by Gasteiger charge is 2.27. The van der Waals surface area contributed by atoms with E-state index in [2.05, 4.69) is 14.9 Å². The first-order valence-corrected chi connectivity index (χ1v) is 7.96. The molecule has 1 aromatic heterocycles. The SMILES string of the molecule is O=C(Cc1ccc2c(c1)OCO2)NCCn1ccnc1C1CC1. The fraction of sp³-hybridized carbons (Fsp3) is 0.412. The zero-order valence-electron chi connectivity index (χ0n) is 12.8. The molecule has 6 nitrogen and oxygen atoms in total. The van der Waals surface area contributed by atoms with Gasteiger partial charge < -0.3 is 19.4 Å². The minimum absolute atomic E-state index is 0.0111. The Balaban J connectivity index is 1.28. The lowest BCUT2D eigenvalue weighted by molar-refractivity contribution is -0.120. The molecular weight excluding hydrogens is 294 g/mol. The number of hydrogen-bond donors (Lipinski definition) is 1. The Morgan fingerprint density at radius 1 is 1.30 bits per heavy atom. The first-order valence-electron chi connectivity index (χ1n) is 7.96. The van der Waals surface area contributed by atoms with Gasteiger partial charge in [0, 0.05) is 31.4 Å². The standard InChI is InChI=1S/C17H19N3O3/c21-16(10-12-1-4-14-15(9-12)23-11-22-14)18-5-7-20-8-6-19-17(20)13-2-3-13/h1,4,6,8-9,13H,2-3,5,7,10-11H2,(H,18,21). The van der Waals surface area contributed by atoms with Crippen molar-refractivity contribution in [2.45, 2.75) is 31.7 Å². The lowest BCUT2D eigenvalue weighted by Crippen LogP contribution is -2.28. The van der Waals surface area contributed by atoms with Crippen LogP contribution in [0.2, 0.25) is 0 Å². The van der Waals surface area contributed by atoms with Crippen molar-refractivity contribution in [3.8, 4) is 11.5 Å². The summed E-state index contributed by atoms with van der Waals surface area (Å²) in [6, 6.07) is 5.61. The van der Waals surface area contributed by atoms with Gasteiger partial charge in [0.05, 0.1) is 6.42 Å². The summed E-state index contributed by atoms with van der Waals surface area (Å²) >= 11 is 0. The van der Waals surface area contributed by atoms with E-state index in [0.29, 0.717) is 24.6 Å². The van der Waals surface area contributed by atoms with Gasteiger partial charge in [-0.25, -0.2) is 4.98 Å². The van der Waals surface area contributed by atoms with Gasteiger partial charge >= 0.3 is 0 Å². The molecule has 1 aliphatic heterocycles. The number of fused-ring (bicyclic) bond motifs is 1. The third-order valence-corrected chi connectivity index (χ3v) is 4.17. The van der Waals surface area contributed by atoms with Gasteiger partial charge in [-0.05, 0) is 30.5 Å². The summed E-state index contributed by atoms with van der Waals surface area (Å²) in [5, 5.41) is 2.96. The van der Waals surface area contributed by atoms with Crippen molar-refractivity contribution in [1.29, 1.82) is 0 Å². The molecule has 1 saturated carbocycles. The fourth-order valence-electron chi connectivity index (χ4n) is 2.83. The number of nitrogens with one attached hydrogen (secondary N) is 1. The molecular formula is C17H19N3O3. The third-order valence-electron chi connectivity index (χ3n) is 4.17. The van der Waals surface area contributed by atoms with Gasteiger partial charge in [0.15, 0.2) is 11.5 Å². The van der Waals surface area contributed by atoms with Crippen LogP contribution in [0.3, 0.4) is 0 Å². The average Bonchev–Trinajstić information content (AvgIpc) is 3.09. The summed E-state index contributed by atoms with van der Waals surface area (Å²) in [5.74, 6) is 3.23. The normalized spacial score (nSPS) is 15.7. The molecule has 2 aromatic rings. The van der Waals surface area contributed by atoms with E-state index >= 15 is 0 Å². The van der Waals surface area contributed by atoms with Gasteiger partial charge in [-0.2, -0.15) is 0 Å². The summed E-state index contributed by atoms with van der Waals surface area (Å²) in [6.07, 6.45) is 6.62. The second-order valence-electron chi connectivity index (χ2n) is 5.97. The zero-order valence-corrected chi connectivity index (χ0v) is 12.8. The molecule has 0 spiro atoms. The molecule has 23 heavy (non-hydrogen) atoms. The average molecular weight is 313 g/mol. The molecule has 0 unspecified atom stereocenters. The lowest BCUT2D eigenvalue weighted by Gasteiger charge is -2.09. The summed E-state index contributed by atoms with van der Waals surface area (Å²) in [5.41, 5.74) is 0.924. The third kappa shape index (κ3) is 3.16. The number of carbonyl (C=O) groups is 1. The number of benzene rings is 1. The molecule has 1 aromatic carbocycles.